The molecule has 1 aromatic heterocycles. The predicted molar refractivity (Wildman–Crippen MR) is 110 cm³/mol. The molecular formula is C21H23N3O2S. The molecule has 0 radical (unpaired) electrons. The van der Waals surface area contributed by atoms with E-state index in [0.29, 0.717) is 12.2 Å². The van der Waals surface area contributed by atoms with E-state index in [9.17, 15) is 8.42 Å². The highest BCUT2D eigenvalue weighted by atomic mass is 32.2. The summed E-state index contributed by atoms with van der Waals surface area (Å²) in [5.41, 5.74) is 3.12. The number of rotatable bonds is 8. The fourth-order valence-electron chi connectivity index (χ4n) is 2.73. The molecule has 0 aliphatic rings. The normalized spacial score (nSPS) is 11.1. The molecule has 27 heavy (non-hydrogen) atoms. The Bertz CT molecular complexity index is 944. The van der Waals surface area contributed by atoms with Crippen molar-refractivity contribution in [1.82, 2.24) is 4.98 Å². The van der Waals surface area contributed by atoms with Crippen molar-refractivity contribution >= 4 is 21.5 Å². The van der Waals surface area contributed by atoms with Gasteiger partial charge in [0.15, 0.2) is 0 Å². The number of hydrogen-bond acceptors (Lipinski definition) is 4. The summed E-state index contributed by atoms with van der Waals surface area (Å²) >= 11 is 0. The lowest BCUT2D eigenvalue weighted by Crippen LogP contribution is -2.19. The molecule has 0 atom stereocenters. The Morgan fingerprint density at radius 3 is 2.11 bits per heavy atom. The van der Waals surface area contributed by atoms with Crippen LogP contribution in [-0.2, 0) is 23.0 Å². The first-order valence-corrected chi connectivity index (χ1v) is 10.4. The number of sulfonamides is 1. The third-order valence-corrected chi connectivity index (χ3v) is 5.48. The summed E-state index contributed by atoms with van der Waals surface area (Å²) in [7, 11) is -1.46. The van der Waals surface area contributed by atoms with Crippen LogP contribution in [0.25, 0.3) is 0 Å². The van der Waals surface area contributed by atoms with Gasteiger partial charge in [-0.1, -0.05) is 60.7 Å². The van der Waals surface area contributed by atoms with Gasteiger partial charge in [0.2, 0.25) is 10.0 Å². The minimum absolute atomic E-state index is 0.0222. The molecule has 0 saturated carbocycles. The number of nitrogens with zero attached hydrogens (tertiary/aromatic N) is 2. The summed E-state index contributed by atoms with van der Waals surface area (Å²) in [6.45, 7) is 0.755. The van der Waals surface area contributed by atoms with Crippen molar-refractivity contribution in [3.63, 3.8) is 0 Å². The molecule has 0 amide bonds. The van der Waals surface area contributed by atoms with Gasteiger partial charge in [-0.2, -0.15) is 0 Å². The number of nitrogens with one attached hydrogen (secondary N) is 1. The van der Waals surface area contributed by atoms with Crippen molar-refractivity contribution in [1.29, 1.82) is 0 Å². The van der Waals surface area contributed by atoms with Gasteiger partial charge in [-0.3, -0.25) is 4.72 Å². The van der Waals surface area contributed by atoms with E-state index in [2.05, 4.69) is 26.7 Å². The molecule has 3 aromatic rings. The lowest BCUT2D eigenvalue weighted by Gasteiger charge is -2.19. The molecule has 0 saturated heterocycles. The first kappa shape index (κ1) is 18.9. The molecule has 0 aliphatic carbocycles. The van der Waals surface area contributed by atoms with Gasteiger partial charge in [-0.15, -0.1) is 0 Å². The molecule has 0 fully saturated rings. The summed E-state index contributed by atoms with van der Waals surface area (Å²) < 4.78 is 27.1. The monoisotopic (exact) mass is 381 g/mol. The van der Waals surface area contributed by atoms with E-state index in [0.717, 1.165) is 17.8 Å². The third kappa shape index (κ3) is 5.82. The first-order chi connectivity index (χ1) is 13.0. The lowest BCUT2D eigenvalue weighted by molar-refractivity contribution is 0.600. The first-order valence-electron chi connectivity index (χ1n) is 8.77. The third-order valence-electron chi connectivity index (χ3n) is 4.21. The van der Waals surface area contributed by atoms with Crippen molar-refractivity contribution in [2.24, 2.45) is 0 Å². The van der Waals surface area contributed by atoms with Gasteiger partial charge in [0, 0.05) is 13.6 Å². The van der Waals surface area contributed by atoms with E-state index >= 15 is 0 Å². The lowest BCUT2D eigenvalue weighted by atomic mass is 10.2. The number of aryl methyl sites for hydroxylation is 1. The van der Waals surface area contributed by atoms with Crippen LogP contribution in [0.3, 0.4) is 0 Å². The second-order valence-electron chi connectivity index (χ2n) is 6.40. The molecule has 1 N–H and O–H groups in total. The largest absolute Gasteiger partial charge is 0.369 e. The van der Waals surface area contributed by atoms with Crippen LogP contribution in [0.2, 0.25) is 0 Å². The Kier molecular flexibility index (Phi) is 6.08. The zero-order chi connectivity index (χ0) is 19.1. The molecule has 0 bridgehead atoms. The van der Waals surface area contributed by atoms with E-state index in [1.165, 1.54) is 5.56 Å². The van der Waals surface area contributed by atoms with E-state index in [4.69, 9.17) is 0 Å². The van der Waals surface area contributed by atoms with Crippen LogP contribution in [0.1, 0.15) is 11.1 Å². The molecule has 0 spiro atoms. The van der Waals surface area contributed by atoms with Gasteiger partial charge >= 0.3 is 0 Å². The summed E-state index contributed by atoms with van der Waals surface area (Å²) in [6, 6.07) is 23.3. The van der Waals surface area contributed by atoms with E-state index in [-0.39, 0.29) is 5.75 Å². The van der Waals surface area contributed by atoms with E-state index in [1.807, 2.05) is 61.6 Å². The SMILES string of the molecule is CN(Cc1ccccc1)c1ccc(NS(=O)(=O)CCc2ccccc2)nc1. The topological polar surface area (TPSA) is 62.3 Å². The van der Waals surface area contributed by atoms with Crippen molar-refractivity contribution in [3.8, 4) is 0 Å². The smallest absolute Gasteiger partial charge is 0.234 e. The second kappa shape index (κ2) is 8.68. The van der Waals surface area contributed by atoms with Crippen LogP contribution in [0.15, 0.2) is 79.0 Å². The molecular weight excluding hydrogens is 358 g/mol. The van der Waals surface area contributed by atoms with Crippen LogP contribution in [0.5, 0.6) is 0 Å². The summed E-state index contributed by atoms with van der Waals surface area (Å²) in [5, 5.41) is 0. The number of anilines is 2. The van der Waals surface area contributed by atoms with Gasteiger partial charge in [0.25, 0.3) is 0 Å². The van der Waals surface area contributed by atoms with Crippen LogP contribution >= 0.6 is 0 Å². The maximum absolute atomic E-state index is 12.3. The van der Waals surface area contributed by atoms with Gasteiger partial charge in [-0.05, 0) is 29.7 Å². The van der Waals surface area contributed by atoms with Crippen LogP contribution in [0, 0.1) is 0 Å². The van der Waals surface area contributed by atoms with Gasteiger partial charge < -0.3 is 4.90 Å². The maximum atomic E-state index is 12.3. The minimum Gasteiger partial charge on any atom is -0.369 e. The Labute approximate surface area is 160 Å². The molecule has 5 nitrogen and oxygen atoms in total. The molecule has 0 unspecified atom stereocenters. The van der Waals surface area contributed by atoms with E-state index in [1.54, 1.807) is 12.3 Å². The average Bonchev–Trinajstić information content (AvgIpc) is 2.68. The quantitative estimate of drug-likeness (QED) is 0.646. The fraction of sp³-hybridized carbons (Fsp3) is 0.190. The zero-order valence-corrected chi connectivity index (χ0v) is 16.1. The highest BCUT2D eigenvalue weighted by Gasteiger charge is 2.12. The van der Waals surface area contributed by atoms with Crippen LogP contribution in [0.4, 0.5) is 11.5 Å². The molecule has 0 aliphatic heterocycles. The van der Waals surface area contributed by atoms with Crippen molar-refractivity contribution in [3.05, 3.63) is 90.1 Å². The summed E-state index contributed by atoms with van der Waals surface area (Å²) in [6.07, 6.45) is 2.14. The second-order valence-corrected chi connectivity index (χ2v) is 8.24. The zero-order valence-electron chi connectivity index (χ0n) is 15.2. The van der Waals surface area contributed by atoms with Gasteiger partial charge in [-0.25, -0.2) is 13.4 Å². The Morgan fingerprint density at radius 2 is 1.52 bits per heavy atom. The average molecular weight is 382 g/mol. The molecule has 3 rings (SSSR count). The Morgan fingerprint density at radius 1 is 0.889 bits per heavy atom. The van der Waals surface area contributed by atoms with Crippen LogP contribution in [-0.4, -0.2) is 26.2 Å². The van der Waals surface area contributed by atoms with Crippen molar-refractivity contribution in [2.45, 2.75) is 13.0 Å². The van der Waals surface area contributed by atoms with E-state index < -0.39 is 10.0 Å². The Hall–Kier alpha value is -2.86. The fourth-order valence-corrected chi connectivity index (χ4v) is 3.77. The molecule has 6 heteroatoms. The number of hydrogen-bond donors (Lipinski definition) is 1. The highest BCUT2D eigenvalue weighted by molar-refractivity contribution is 7.92. The van der Waals surface area contributed by atoms with Crippen LogP contribution < -0.4 is 9.62 Å². The van der Waals surface area contributed by atoms with Crippen molar-refractivity contribution < 1.29 is 8.42 Å². The minimum atomic E-state index is -3.44. The standard InChI is InChI=1S/C21H23N3O2S/c1-24(17-19-10-6-3-7-11-19)20-12-13-21(22-16-20)23-27(25,26)15-14-18-8-4-2-5-9-18/h2-13,16H,14-15,17H2,1H3,(H,22,23). The predicted octanol–water partition coefficient (Wildman–Crippen LogP) is 3.70. The van der Waals surface area contributed by atoms with Gasteiger partial charge in [0.05, 0.1) is 17.6 Å². The number of benzene rings is 2. The molecule has 2 aromatic carbocycles. The van der Waals surface area contributed by atoms with Crippen molar-refractivity contribution in [2.75, 3.05) is 22.4 Å². The van der Waals surface area contributed by atoms with Gasteiger partial charge in [0.1, 0.15) is 5.82 Å². The molecule has 140 valence electrons. The maximum Gasteiger partial charge on any atom is 0.234 e. The molecule has 1 heterocycles. The number of pyridine rings is 1. The Balaban J connectivity index is 1.58. The summed E-state index contributed by atoms with van der Waals surface area (Å²) in [5.74, 6) is 0.355. The highest BCUT2D eigenvalue weighted by Crippen LogP contribution is 2.17. The summed E-state index contributed by atoms with van der Waals surface area (Å²) in [4.78, 5) is 6.32. The number of aromatic nitrogens is 1.